The number of carbonyl (C=O) groups is 1. The van der Waals surface area contributed by atoms with Gasteiger partial charge in [0.1, 0.15) is 12.2 Å². The van der Waals surface area contributed by atoms with E-state index < -0.39 is 0 Å². The number of hydrogen-bond donors (Lipinski definition) is 2. The van der Waals surface area contributed by atoms with Gasteiger partial charge in [0.2, 0.25) is 0 Å². The molecule has 0 atom stereocenters. The maximum Gasteiger partial charge on any atom is 0.310 e. The second-order valence-corrected chi connectivity index (χ2v) is 4.91. The van der Waals surface area contributed by atoms with Gasteiger partial charge in [-0.2, -0.15) is 5.10 Å². The van der Waals surface area contributed by atoms with E-state index in [1.54, 1.807) is 11.3 Å². The summed E-state index contributed by atoms with van der Waals surface area (Å²) in [5.41, 5.74) is 0. The van der Waals surface area contributed by atoms with Crippen molar-refractivity contribution in [1.29, 1.82) is 0 Å². The third-order valence-corrected chi connectivity index (χ3v) is 3.41. The first-order chi connectivity index (χ1) is 8.78. The molecule has 2 rings (SSSR count). The first-order valence-electron chi connectivity index (χ1n) is 5.47. The molecule has 0 unspecified atom stereocenters. The highest BCUT2D eigenvalue weighted by atomic mass is 32.1. The average molecular weight is 266 g/mol. The largest absolute Gasteiger partial charge is 0.469 e. The Hall–Kier alpha value is -1.73. The lowest BCUT2D eigenvalue weighted by Gasteiger charge is -1.99. The first kappa shape index (κ1) is 12.7. The van der Waals surface area contributed by atoms with Crippen molar-refractivity contribution in [1.82, 2.24) is 20.5 Å². The molecule has 96 valence electrons. The second-order valence-electron chi connectivity index (χ2n) is 3.66. The molecule has 0 aliphatic rings. The third kappa shape index (κ3) is 3.64. The van der Waals surface area contributed by atoms with Crippen LogP contribution in [0.1, 0.15) is 15.6 Å². The molecule has 7 heteroatoms. The van der Waals surface area contributed by atoms with Crippen LogP contribution in [0.5, 0.6) is 0 Å². The molecule has 0 saturated carbocycles. The first-order valence-corrected chi connectivity index (χ1v) is 6.29. The fourth-order valence-corrected chi connectivity index (χ4v) is 2.42. The van der Waals surface area contributed by atoms with E-state index >= 15 is 0 Å². The Morgan fingerprint density at radius 3 is 3.00 bits per heavy atom. The van der Waals surface area contributed by atoms with Gasteiger partial charge in [-0.3, -0.25) is 9.89 Å². The molecule has 18 heavy (non-hydrogen) atoms. The lowest BCUT2D eigenvalue weighted by molar-refractivity contribution is -0.139. The summed E-state index contributed by atoms with van der Waals surface area (Å²) in [5.74, 6) is 0.597. The number of rotatable bonds is 6. The molecule has 0 amide bonds. The zero-order valence-corrected chi connectivity index (χ0v) is 10.8. The second kappa shape index (κ2) is 6.27. The van der Waals surface area contributed by atoms with Gasteiger partial charge in [0.25, 0.3) is 0 Å². The van der Waals surface area contributed by atoms with E-state index in [0.29, 0.717) is 13.0 Å². The number of thiophene rings is 1. The van der Waals surface area contributed by atoms with Crippen LogP contribution in [0.2, 0.25) is 0 Å². The maximum absolute atomic E-state index is 11.1. The predicted octanol–water partition coefficient (Wildman–Crippen LogP) is 0.871. The molecule has 2 N–H and O–H groups in total. The highest BCUT2D eigenvalue weighted by molar-refractivity contribution is 7.12. The SMILES string of the molecule is COC(=O)Cc1ccc(CNCc2ncn[nH]2)s1. The maximum atomic E-state index is 11.1. The highest BCUT2D eigenvalue weighted by Gasteiger charge is 2.06. The van der Waals surface area contributed by atoms with E-state index in [1.165, 1.54) is 18.3 Å². The van der Waals surface area contributed by atoms with Gasteiger partial charge in [0.05, 0.1) is 20.1 Å². The minimum absolute atomic E-state index is 0.210. The number of ether oxygens (including phenoxy) is 1. The van der Waals surface area contributed by atoms with Gasteiger partial charge in [-0.05, 0) is 12.1 Å². The van der Waals surface area contributed by atoms with Gasteiger partial charge in [0.15, 0.2) is 0 Å². The number of carbonyl (C=O) groups excluding carboxylic acids is 1. The molecular formula is C11H14N4O2S. The van der Waals surface area contributed by atoms with E-state index in [0.717, 1.165) is 17.2 Å². The van der Waals surface area contributed by atoms with Crippen LogP contribution in [0.25, 0.3) is 0 Å². The number of aromatic amines is 1. The smallest absolute Gasteiger partial charge is 0.310 e. The Balaban J connectivity index is 1.78. The van der Waals surface area contributed by atoms with Crippen molar-refractivity contribution in [2.45, 2.75) is 19.5 Å². The Kier molecular flexibility index (Phi) is 4.43. The number of hydrogen-bond acceptors (Lipinski definition) is 6. The number of nitrogens with zero attached hydrogens (tertiary/aromatic N) is 2. The predicted molar refractivity (Wildman–Crippen MR) is 67.0 cm³/mol. The molecule has 0 fully saturated rings. The topological polar surface area (TPSA) is 79.9 Å². The van der Waals surface area contributed by atoms with E-state index in [-0.39, 0.29) is 5.97 Å². The average Bonchev–Trinajstić information content (AvgIpc) is 3.01. The van der Waals surface area contributed by atoms with Crippen molar-refractivity contribution in [2.75, 3.05) is 7.11 Å². The summed E-state index contributed by atoms with van der Waals surface area (Å²) in [6.45, 7) is 1.39. The summed E-state index contributed by atoms with van der Waals surface area (Å²) in [5, 5.41) is 9.80. The van der Waals surface area contributed by atoms with E-state index in [1.807, 2.05) is 12.1 Å². The van der Waals surface area contributed by atoms with Gasteiger partial charge in [-0.1, -0.05) is 0 Å². The van der Waals surface area contributed by atoms with E-state index in [9.17, 15) is 4.79 Å². The van der Waals surface area contributed by atoms with Crippen molar-refractivity contribution in [2.24, 2.45) is 0 Å². The highest BCUT2D eigenvalue weighted by Crippen LogP contribution is 2.17. The van der Waals surface area contributed by atoms with Crippen LogP contribution >= 0.6 is 11.3 Å². The molecule has 0 bridgehead atoms. The standard InChI is InChI=1S/C11H14N4O2S/c1-17-11(16)4-8-2-3-9(18-8)5-12-6-10-13-7-14-15-10/h2-3,7,12H,4-6H2,1H3,(H,13,14,15). The molecule has 0 aromatic carbocycles. The number of nitrogens with one attached hydrogen (secondary N) is 2. The Morgan fingerprint density at radius 1 is 1.44 bits per heavy atom. The van der Waals surface area contributed by atoms with Crippen molar-refractivity contribution in [3.63, 3.8) is 0 Å². The molecule has 6 nitrogen and oxygen atoms in total. The van der Waals surface area contributed by atoms with Crippen LogP contribution in [0, 0.1) is 0 Å². The molecule has 0 saturated heterocycles. The van der Waals surface area contributed by atoms with Crippen LogP contribution in [-0.2, 0) is 29.0 Å². The summed E-state index contributed by atoms with van der Waals surface area (Å²) >= 11 is 1.60. The summed E-state index contributed by atoms with van der Waals surface area (Å²) in [6.07, 6.45) is 1.82. The van der Waals surface area contributed by atoms with Gasteiger partial charge in [-0.25, -0.2) is 4.98 Å². The van der Waals surface area contributed by atoms with Crippen molar-refractivity contribution in [3.05, 3.63) is 34.0 Å². The molecule has 0 radical (unpaired) electrons. The number of methoxy groups -OCH3 is 1. The zero-order valence-electron chi connectivity index (χ0n) is 9.97. The molecule has 2 aromatic heterocycles. The van der Waals surface area contributed by atoms with Crippen LogP contribution in [0.15, 0.2) is 18.5 Å². The molecule has 2 heterocycles. The number of H-pyrrole nitrogens is 1. The van der Waals surface area contributed by atoms with Gasteiger partial charge >= 0.3 is 5.97 Å². The van der Waals surface area contributed by atoms with Gasteiger partial charge < -0.3 is 10.1 Å². The zero-order chi connectivity index (χ0) is 12.8. The lowest BCUT2D eigenvalue weighted by atomic mass is 10.3. The number of aromatic nitrogens is 3. The van der Waals surface area contributed by atoms with Crippen LogP contribution in [0.3, 0.4) is 0 Å². The fourth-order valence-electron chi connectivity index (χ4n) is 1.45. The summed E-state index contributed by atoms with van der Waals surface area (Å²) in [7, 11) is 1.40. The summed E-state index contributed by atoms with van der Waals surface area (Å²) in [6, 6.07) is 3.96. The monoisotopic (exact) mass is 266 g/mol. The molecule has 0 aliphatic heterocycles. The van der Waals surface area contributed by atoms with Gasteiger partial charge in [-0.15, -0.1) is 11.3 Å². The normalized spacial score (nSPS) is 10.5. The van der Waals surface area contributed by atoms with Crippen molar-refractivity contribution < 1.29 is 9.53 Å². The Bertz CT molecular complexity index is 495. The summed E-state index contributed by atoms with van der Waals surface area (Å²) in [4.78, 5) is 17.3. The molecule has 0 aliphatic carbocycles. The quantitative estimate of drug-likeness (QED) is 0.758. The minimum atomic E-state index is -0.210. The van der Waals surface area contributed by atoms with E-state index in [4.69, 9.17) is 0 Å². The van der Waals surface area contributed by atoms with Gasteiger partial charge in [0, 0.05) is 16.3 Å². The van der Waals surface area contributed by atoms with Crippen LogP contribution in [0.4, 0.5) is 0 Å². The molecule has 2 aromatic rings. The van der Waals surface area contributed by atoms with Crippen LogP contribution < -0.4 is 5.32 Å². The van der Waals surface area contributed by atoms with Crippen molar-refractivity contribution in [3.8, 4) is 0 Å². The molecular weight excluding hydrogens is 252 g/mol. The Morgan fingerprint density at radius 2 is 2.28 bits per heavy atom. The van der Waals surface area contributed by atoms with Crippen LogP contribution in [-0.4, -0.2) is 28.3 Å². The fraction of sp³-hybridized carbons (Fsp3) is 0.364. The third-order valence-electron chi connectivity index (χ3n) is 2.32. The minimum Gasteiger partial charge on any atom is -0.469 e. The van der Waals surface area contributed by atoms with Crippen molar-refractivity contribution >= 4 is 17.3 Å². The summed E-state index contributed by atoms with van der Waals surface area (Å²) < 4.78 is 4.63. The molecule has 0 spiro atoms. The van der Waals surface area contributed by atoms with E-state index in [2.05, 4.69) is 25.2 Å². The lowest BCUT2D eigenvalue weighted by Crippen LogP contribution is -2.12. The number of esters is 1. The Labute approximate surface area is 108 Å².